The first-order valence-electron chi connectivity index (χ1n) is 13.2. The van der Waals surface area contributed by atoms with E-state index in [1.807, 2.05) is 48.5 Å². The average Bonchev–Trinajstić information content (AvgIpc) is 2.94. The van der Waals surface area contributed by atoms with E-state index in [-0.39, 0.29) is 11.8 Å². The maximum Gasteiger partial charge on any atom is 0.338 e. The summed E-state index contributed by atoms with van der Waals surface area (Å²) in [6.45, 7) is 8.45. The first-order chi connectivity index (χ1) is 18.2. The summed E-state index contributed by atoms with van der Waals surface area (Å²) in [6, 6.07) is 26.2. The monoisotopic (exact) mass is 506 g/mol. The molecule has 2 aliphatic carbocycles. The molecule has 2 aliphatic rings. The predicted molar refractivity (Wildman–Crippen MR) is 149 cm³/mol. The van der Waals surface area contributed by atoms with Crippen molar-refractivity contribution in [2.75, 3.05) is 0 Å². The number of fused-ring (bicyclic) bond motifs is 1. The summed E-state index contributed by atoms with van der Waals surface area (Å²) in [5.74, 6) is -0.785. The van der Waals surface area contributed by atoms with Crippen LogP contribution in [0.25, 0.3) is 0 Å². The van der Waals surface area contributed by atoms with Gasteiger partial charge in [-0.15, -0.1) is 0 Å². The maximum atomic E-state index is 13.6. The molecule has 0 radical (unpaired) electrons. The lowest BCUT2D eigenvalue weighted by molar-refractivity contribution is -0.159. The normalized spacial score (nSPS) is 27.3. The van der Waals surface area contributed by atoms with Crippen molar-refractivity contribution >= 4 is 11.9 Å². The van der Waals surface area contributed by atoms with Crippen LogP contribution in [-0.4, -0.2) is 24.1 Å². The van der Waals surface area contributed by atoms with Crippen molar-refractivity contribution in [2.45, 2.75) is 45.3 Å². The summed E-state index contributed by atoms with van der Waals surface area (Å²) in [4.78, 5) is 27.1. The number of esters is 2. The predicted octanol–water partition coefficient (Wildman–Crippen LogP) is 7.10. The quantitative estimate of drug-likeness (QED) is 0.346. The molecule has 3 aromatic rings. The van der Waals surface area contributed by atoms with Crippen molar-refractivity contribution in [1.82, 2.24) is 0 Å². The van der Waals surface area contributed by atoms with Gasteiger partial charge in [0, 0.05) is 10.8 Å². The molecule has 0 saturated heterocycles. The number of aryl methyl sites for hydroxylation is 1. The van der Waals surface area contributed by atoms with E-state index in [0.717, 1.165) is 11.1 Å². The van der Waals surface area contributed by atoms with Crippen LogP contribution in [0.1, 0.15) is 52.6 Å². The Bertz CT molecular complexity index is 1370. The Balaban J connectivity index is 1.67. The standard InChI is InChI=1S/C34H34O4/c1-23-15-11-12-20-26(23)34(4)28-22-14-13-21-27(28)33(2,3)29(37-31(35)24-16-7-5-8-17-24)30(34)38-32(36)25-18-9-6-10-19-25/h5-22,27-30H,1-4H3/t27?,28?,29-,30+,34+/m0/s1. The van der Waals surface area contributed by atoms with Crippen LogP contribution in [0.3, 0.4) is 0 Å². The number of allylic oxidation sites excluding steroid dienone is 4. The highest BCUT2D eigenvalue weighted by atomic mass is 16.6. The van der Waals surface area contributed by atoms with Crippen LogP contribution >= 0.6 is 0 Å². The van der Waals surface area contributed by atoms with Crippen molar-refractivity contribution in [3.63, 3.8) is 0 Å². The zero-order chi connectivity index (χ0) is 26.9. The molecule has 5 rings (SSSR count). The van der Waals surface area contributed by atoms with Gasteiger partial charge in [-0.1, -0.05) is 106 Å². The van der Waals surface area contributed by atoms with E-state index < -0.39 is 35.0 Å². The van der Waals surface area contributed by atoms with Crippen LogP contribution < -0.4 is 0 Å². The molecule has 0 aliphatic heterocycles. The van der Waals surface area contributed by atoms with Gasteiger partial charge in [-0.2, -0.15) is 0 Å². The van der Waals surface area contributed by atoms with Crippen LogP contribution in [0.15, 0.2) is 109 Å². The van der Waals surface area contributed by atoms with E-state index in [1.54, 1.807) is 24.3 Å². The number of rotatable bonds is 5. The molecule has 0 heterocycles. The van der Waals surface area contributed by atoms with Crippen molar-refractivity contribution in [2.24, 2.45) is 17.3 Å². The van der Waals surface area contributed by atoms with Gasteiger partial charge in [0.15, 0.2) is 0 Å². The molecule has 2 unspecified atom stereocenters. The first-order valence-corrected chi connectivity index (χ1v) is 13.2. The van der Waals surface area contributed by atoms with E-state index in [4.69, 9.17) is 9.47 Å². The molecule has 38 heavy (non-hydrogen) atoms. The summed E-state index contributed by atoms with van der Waals surface area (Å²) in [5, 5.41) is 0. The van der Waals surface area contributed by atoms with Gasteiger partial charge in [0.05, 0.1) is 11.1 Å². The molecule has 3 aromatic carbocycles. The second kappa shape index (κ2) is 10.1. The highest BCUT2D eigenvalue weighted by molar-refractivity contribution is 5.90. The first kappa shape index (κ1) is 25.7. The van der Waals surface area contributed by atoms with E-state index in [2.05, 4.69) is 64.1 Å². The highest BCUT2D eigenvalue weighted by Gasteiger charge is 2.63. The van der Waals surface area contributed by atoms with Gasteiger partial charge < -0.3 is 9.47 Å². The summed E-state index contributed by atoms with van der Waals surface area (Å²) >= 11 is 0. The number of hydrogen-bond donors (Lipinski definition) is 0. The molecule has 194 valence electrons. The third kappa shape index (κ3) is 4.38. The molecule has 5 atom stereocenters. The molecular weight excluding hydrogens is 472 g/mol. The maximum absolute atomic E-state index is 13.6. The molecule has 0 N–H and O–H groups in total. The van der Waals surface area contributed by atoms with Gasteiger partial charge in [0.2, 0.25) is 0 Å². The molecular formula is C34H34O4. The zero-order valence-corrected chi connectivity index (χ0v) is 22.3. The average molecular weight is 507 g/mol. The van der Waals surface area contributed by atoms with Crippen LogP contribution in [0.5, 0.6) is 0 Å². The Hall–Kier alpha value is -3.92. The van der Waals surface area contributed by atoms with E-state index >= 15 is 0 Å². The molecule has 0 bridgehead atoms. The fraction of sp³-hybridized carbons (Fsp3) is 0.294. The Morgan fingerprint density at radius 2 is 1.11 bits per heavy atom. The van der Waals surface area contributed by atoms with Gasteiger partial charge >= 0.3 is 11.9 Å². The molecule has 0 spiro atoms. The highest BCUT2D eigenvalue weighted by Crippen LogP contribution is 2.58. The minimum Gasteiger partial charge on any atom is -0.454 e. The number of hydrogen-bond acceptors (Lipinski definition) is 4. The fourth-order valence-electron chi connectivity index (χ4n) is 6.40. The van der Waals surface area contributed by atoms with Crippen molar-refractivity contribution < 1.29 is 19.1 Å². The van der Waals surface area contributed by atoms with Gasteiger partial charge in [-0.25, -0.2) is 9.59 Å². The lowest BCUT2D eigenvalue weighted by Gasteiger charge is -2.59. The van der Waals surface area contributed by atoms with Gasteiger partial charge in [-0.3, -0.25) is 0 Å². The lowest BCUT2D eigenvalue weighted by atomic mass is 9.48. The van der Waals surface area contributed by atoms with E-state index in [0.29, 0.717) is 11.1 Å². The van der Waals surface area contributed by atoms with Crippen LogP contribution in [0.2, 0.25) is 0 Å². The molecule has 0 amide bonds. The molecule has 1 fully saturated rings. The summed E-state index contributed by atoms with van der Waals surface area (Å²) < 4.78 is 12.8. The Morgan fingerprint density at radius 1 is 0.632 bits per heavy atom. The van der Waals surface area contributed by atoms with E-state index in [1.165, 1.54) is 0 Å². The minimum absolute atomic E-state index is 0.0175. The summed E-state index contributed by atoms with van der Waals surface area (Å²) in [7, 11) is 0. The van der Waals surface area contributed by atoms with Crippen molar-refractivity contribution in [3.05, 3.63) is 131 Å². The van der Waals surface area contributed by atoms with Gasteiger partial charge in [-0.05, 0) is 54.2 Å². The summed E-state index contributed by atoms with van der Waals surface area (Å²) in [6.07, 6.45) is 7.12. The largest absolute Gasteiger partial charge is 0.454 e. The lowest BCUT2D eigenvalue weighted by Crippen LogP contribution is -2.65. The summed E-state index contributed by atoms with van der Waals surface area (Å²) in [5.41, 5.74) is 1.92. The van der Waals surface area contributed by atoms with Gasteiger partial charge in [0.1, 0.15) is 12.2 Å². The Kier molecular flexibility index (Phi) is 6.83. The fourth-order valence-corrected chi connectivity index (χ4v) is 6.40. The minimum atomic E-state index is -0.739. The Labute approximate surface area is 225 Å². The molecule has 0 aromatic heterocycles. The third-order valence-electron chi connectivity index (χ3n) is 8.50. The van der Waals surface area contributed by atoms with E-state index in [9.17, 15) is 9.59 Å². The van der Waals surface area contributed by atoms with Crippen LogP contribution in [-0.2, 0) is 14.9 Å². The third-order valence-corrected chi connectivity index (χ3v) is 8.50. The smallest absolute Gasteiger partial charge is 0.338 e. The number of ether oxygens (including phenoxy) is 2. The SMILES string of the molecule is Cc1ccccc1[C@]1(C)C2C=CC=CC2C(C)(C)[C@@H](OC(=O)c2ccccc2)[C@H]1OC(=O)c1ccccc1. The number of benzene rings is 3. The molecule has 1 saturated carbocycles. The number of carbonyl (C=O) groups excluding carboxylic acids is 2. The Morgan fingerprint density at radius 3 is 1.66 bits per heavy atom. The van der Waals surface area contributed by atoms with Gasteiger partial charge in [0.25, 0.3) is 0 Å². The van der Waals surface area contributed by atoms with Crippen LogP contribution in [0.4, 0.5) is 0 Å². The molecule has 4 heteroatoms. The van der Waals surface area contributed by atoms with Crippen molar-refractivity contribution in [1.29, 1.82) is 0 Å². The van der Waals surface area contributed by atoms with Crippen LogP contribution in [0, 0.1) is 24.2 Å². The zero-order valence-electron chi connectivity index (χ0n) is 22.3. The second-order valence-corrected chi connectivity index (χ2v) is 11.1. The number of carbonyl (C=O) groups is 2. The topological polar surface area (TPSA) is 52.6 Å². The second-order valence-electron chi connectivity index (χ2n) is 11.1. The molecule has 4 nitrogen and oxygen atoms in total. The van der Waals surface area contributed by atoms with Crippen molar-refractivity contribution in [3.8, 4) is 0 Å².